The number of rotatable bonds is 6. The number of ether oxygens (including phenoxy) is 1. The monoisotopic (exact) mass is 300 g/mol. The highest BCUT2D eigenvalue weighted by Gasteiger charge is 2.11. The number of carbonyl (C=O) groups excluding carboxylic acids is 1. The van der Waals surface area contributed by atoms with Gasteiger partial charge in [-0.25, -0.2) is 9.59 Å². The van der Waals surface area contributed by atoms with Gasteiger partial charge in [-0.1, -0.05) is 11.6 Å². The molecule has 110 valence electrons. The van der Waals surface area contributed by atoms with Crippen LogP contribution < -0.4 is 5.32 Å². The molecule has 0 fully saturated rings. The van der Waals surface area contributed by atoms with Crippen molar-refractivity contribution in [2.45, 2.75) is 6.42 Å². The van der Waals surface area contributed by atoms with Crippen molar-refractivity contribution >= 4 is 29.3 Å². The van der Waals surface area contributed by atoms with E-state index >= 15 is 0 Å². The van der Waals surface area contributed by atoms with Gasteiger partial charge in [0.2, 0.25) is 0 Å². The molecule has 0 atom stereocenters. The highest BCUT2D eigenvalue weighted by atomic mass is 35.5. The van der Waals surface area contributed by atoms with Crippen LogP contribution in [0, 0.1) is 0 Å². The first kappa shape index (κ1) is 16.3. The van der Waals surface area contributed by atoms with E-state index in [4.69, 9.17) is 21.4 Å². The average Bonchev–Trinajstić information content (AvgIpc) is 2.38. The van der Waals surface area contributed by atoms with Gasteiger partial charge < -0.3 is 20.1 Å². The van der Waals surface area contributed by atoms with Crippen LogP contribution in [0.2, 0.25) is 5.02 Å². The number of amides is 2. The van der Waals surface area contributed by atoms with Crippen LogP contribution in [0.4, 0.5) is 10.5 Å². The molecule has 1 aromatic rings. The zero-order chi connectivity index (χ0) is 15.1. The topological polar surface area (TPSA) is 78.9 Å². The number of anilines is 1. The van der Waals surface area contributed by atoms with Crippen LogP contribution in [-0.2, 0) is 4.74 Å². The van der Waals surface area contributed by atoms with Gasteiger partial charge in [-0.2, -0.15) is 0 Å². The number of aromatic carboxylic acids is 1. The SMILES string of the molecule is COCCCN(C)C(=O)Nc1cc(Cl)cc(C(=O)O)c1. The highest BCUT2D eigenvalue weighted by Crippen LogP contribution is 2.19. The molecule has 2 amide bonds. The summed E-state index contributed by atoms with van der Waals surface area (Å²) >= 11 is 5.81. The van der Waals surface area contributed by atoms with Gasteiger partial charge in [0.15, 0.2) is 0 Å². The molecule has 1 rings (SSSR count). The summed E-state index contributed by atoms with van der Waals surface area (Å²) in [5.41, 5.74) is 0.369. The Labute approximate surface area is 122 Å². The van der Waals surface area contributed by atoms with Crippen molar-refractivity contribution in [1.82, 2.24) is 4.90 Å². The zero-order valence-corrected chi connectivity index (χ0v) is 12.1. The Morgan fingerprint density at radius 1 is 1.40 bits per heavy atom. The second-order valence-electron chi connectivity index (χ2n) is 4.23. The fraction of sp³-hybridized carbons (Fsp3) is 0.385. The quantitative estimate of drug-likeness (QED) is 0.791. The van der Waals surface area contributed by atoms with Gasteiger partial charge in [0.25, 0.3) is 0 Å². The fourth-order valence-electron chi connectivity index (χ4n) is 1.55. The van der Waals surface area contributed by atoms with E-state index in [2.05, 4.69) is 5.32 Å². The molecular formula is C13H17ClN2O4. The maximum Gasteiger partial charge on any atom is 0.335 e. The number of carboxylic acids is 1. The summed E-state index contributed by atoms with van der Waals surface area (Å²) in [5.74, 6) is -1.10. The minimum absolute atomic E-state index is 0.0230. The summed E-state index contributed by atoms with van der Waals surface area (Å²) in [6.07, 6.45) is 0.719. The summed E-state index contributed by atoms with van der Waals surface area (Å²) in [7, 11) is 3.24. The van der Waals surface area contributed by atoms with E-state index in [1.165, 1.54) is 23.1 Å². The number of carboxylic acid groups (broad SMARTS) is 1. The Morgan fingerprint density at radius 2 is 2.10 bits per heavy atom. The average molecular weight is 301 g/mol. The number of nitrogens with one attached hydrogen (secondary N) is 1. The third-order valence-electron chi connectivity index (χ3n) is 2.58. The molecule has 2 N–H and O–H groups in total. The van der Waals surface area contributed by atoms with E-state index in [1.54, 1.807) is 14.2 Å². The van der Waals surface area contributed by atoms with E-state index in [9.17, 15) is 9.59 Å². The molecule has 0 unspecified atom stereocenters. The smallest absolute Gasteiger partial charge is 0.335 e. The van der Waals surface area contributed by atoms with Crippen LogP contribution in [-0.4, -0.2) is 49.3 Å². The van der Waals surface area contributed by atoms with Gasteiger partial charge >= 0.3 is 12.0 Å². The van der Waals surface area contributed by atoms with Crippen LogP contribution >= 0.6 is 11.6 Å². The van der Waals surface area contributed by atoms with Gasteiger partial charge in [0.05, 0.1) is 5.56 Å². The van der Waals surface area contributed by atoms with Crippen molar-refractivity contribution in [3.8, 4) is 0 Å². The van der Waals surface area contributed by atoms with Crippen molar-refractivity contribution in [1.29, 1.82) is 0 Å². The standard InChI is InChI=1S/C13H17ClN2O4/c1-16(4-3-5-20-2)13(19)15-11-7-9(12(17)18)6-10(14)8-11/h6-8H,3-5H2,1-2H3,(H,15,19)(H,17,18). The van der Waals surface area contributed by atoms with Gasteiger partial charge in [0.1, 0.15) is 0 Å². The Hall–Kier alpha value is -1.79. The van der Waals surface area contributed by atoms with E-state index in [0.29, 0.717) is 18.8 Å². The van der Waals surface area contributed by atoms with Crippen molar-refractivity contribution in [2.75, 3.05) is 32.6 Å². The number of methoxy groups -OCH3 is 1. The number of urea groups is 1. The molecule has 0 aliphatic heterocycles. The molecule has 0 saturated heterocycles. The van der Waals surface area contributed by atoms with Gasteiger partial charge in [-0.3, -0.25) is 0 Å². The molecule has 0 aliphatic carbocycles. The number of benzene rings is 1. The first-order valence-electron chi connectivity index (χ1n) is 5.99. The number of carbonyl (C=O) groups is 2. The molecule has 0 aromatic heterocycles. The lowest BCUT2D eigenvalue weighted by atomic mass is 10.2. The van der Waals surface area contributed by atoms with E-state index in [0.717, 1.165) is 6.42 Å². The van der Waals surface area contributed by atoms with Crippen molar-refractivity contribution < 1.29 is 19.4 Å². The summed E-state index contributed by atoms with van der Waals surface area (Å²) in [6.45, 7) is 1.10. The second-order valence-corrected chi connectivity index (χ2v) is 4.67. The third kappa shape index (κ3) is 5.07. The van der Waals surface area contributed by atoms with Gasteiger partial charge in [0, 0.05) is 38.0 Å². The van der Waals surface area contributed by atoms with Crippen molar-refractivity contribution in [2.24, 2.45) is 0 Å². The van der Waals surface area contributed by atoms with Crippen molar-refractivity contribution in [3.05, 3.63) is 28.8 Å². The molecule has 0 radical (unpaired) electrons. The lowest BCUT2D eigenvalue weighted by Crippen LogP contribution is -2.32. The van der Waals surface area contributed by atoms with E-state index < -0.39 is 5.97 Å². The minimum atomic E-state index is -1.10. The first-order valence-corrected chi connectivity index (χ1v) is 6.36. The van der Waals surface area contributed by atoms with Gasteiger partial charge in [-0.05, 0) is 24.6 Å². The minimum Gasteiger partial charge on any atom is -0.478 e. The molecule has 0 bridgehead atoms. The second kappa shape index (κ2) is 7.72. The van der Waals surface area contributed by atoms with Crippen LogP contribution in [0.25, 0.3) is 0 Å². The maximum absolute atomic E-state index is 11.9. The number of halogens is 1. The molecular weight excluding hydrogens is 284 g/mol. The normalized spacial score (nSPS) is 10.2. The summed E-state index contributed by atoms with van der Waals surface area (Å²) in [5, 5.41) is 11.8. The summed E-state index contributed by atoms with van der Waals surface area (Å²) in [6, 6.07) is 3.84. The van der Waals surface area contributed by atoms with Crippen LogP contribution in [0.1, 0.15) is 16.8 Å². The van der Waals surface area contributed by atoms with E-state index in [-0.39, 0.29) is 16.6 Å². The lowest BCUT2D eigenvalue weighted by Gasteiger charge is -2.18. The Bertz CT molecular complexity index is 493. The van der Waals surface area contributed by atoms with Gasteiger partial charge in [-0.15, -0.1) is 0 Å². The Kier molecular flexibility index (Phi) is 6.27. The predicted octanol–water partition coefficient (Wildman–Crippen LogP) is 2.54. The lowest BCUT2D eigenvalue weighted by molar-refractivity contribution is 0.0697. The molecule has 20 heavy (non-hydrogen) atoms. The predicted molar refractivity (Wildman–Crippen MR) is 76.6 cm³/mol. The van der Waals surface area contributed by atoms with Crippen molar-refractivity contribution in [3.63, 3.8) is 0 Å². The van der Waals surface area contributed by atoms with Crippen LogP contribution in [0.5, 0.6) is 0 Å². The largest absolute Gasteiger partial charge is 0.478 e. The van der Waals surface area contributed by atoms with Crippen LogP contribution in [0.15, 0.2) is 18.2 Å². The summed E-state index contributed by atoms with van der Waals surface area (Å²) in [4.78, 5) is 24.3. The maximum atomic E-state index is 11.9. The molecule has 7 heteroatoms. The fourth-order valence-corrected chi connectivity index (χ4v) is 1.79. The number of nitrogens with zero attached hydrogens (tertiary/aromatic N) is 1. The first-order chi connectivity index (χ1) is 9.43. The Balaban J connectivity index is 2.67. The zero-order valence-electron chi connectivity index (χ0n) is 11.4. The molecule has 0 heterocycles. The molecule has 0 saturated carbocycles. The molecule has 6 nitrogen and oxygen atoms in total. The van der Waals surface area contributed by atoms with Crippen LogP contribution in [0.3, 0.4) is 0 Å². The third-order valence-corrected chi connectivity index (χ3v) is 2.80. The number of hydrogen-bond acceptors (Lipinski definition) is 3. The van der Waals surface area contributed by atoms with E-state index in [1.807, 2.05) is 0 Å². The molecule has 0 spiro atoms. The summed E-state index contributed by atoms with van der Waals surface area (Å²) < 4.78 is 4.91. The molecule has 1 aromatic carbocycles. The number of hydrogen-bond donors (Lipinski definition) is 2. The molecule has 0 aliphatic rings. The Morgan fingerprint density at radius 3 is 2.70 bits per heavy atom. The highest BCUT2D eigenvalue weighted by molar-refractivity contribution is 6.31.